The summed E-state index contributed by atoms with van der Waals surface area (Å²) >= 11 is 0. The predicted octanol–water partition coefficient (Wildman–Crippen LogP) is -1.78. The largest absolute Gasteiger partial charge is 0.394 e. The molecule has 11 nitrogen and oxygen atoms in total. The lowest BCUT2D eigenvalue weighted by Crippen LogP contribution is -2.75. The Bertz CT molecular complexity index is 898. The molecule has 0 aromatic heterocycles. The van der Waals surface area contributed by atoms with E-state index < -0.39 is 102 Å². The molecule has 37 heavy (non-hydrogen) atoms. The van der Waals surface area contributed by atoms with Gasteiger partial charge in [-0.2, -0.15) is 0 Å². The number of hydrogen-bond donors (Lipinski definition) is 8. The molecule has 1 aliphatic heterocycles. The molecule has 3 saturated carbocycles. The zero-order valence-corrected chi connectivity index (χ0v) is 21.6. The molecule has 14 atom stereocenters. The highest BCUT2D eigenvalue weighted by atomic mass is 16.7. The van der Waals surface area contributed by atoms with Crippen molar-refractivity contribution in [2.45, 2.75) is 101 Å². The topological polar surface area (TPSA) is 197 Å². The van der Waals surface area contributed by atoms with Gasteiger partial charge in [-0.05, 0) is 36.5 Å². The van der Waals surface area contributed by atoms with Gasteiger partial charge >= 0.3 is 0 Å². The molecule has 1 saturated heterocycles. The predicted molar refractivity (Wildman–Crippen MR) is 128 cm³/mol. The smallest absolute Gasteiger partial charge is 0.193 e. The first kappa shape index (κ1) is 29.0. The second kappa shape index (κ2) is 9.58. The van der Waals surface area contributed by atoms with Crippen LogP contribution in [0.1, 0.15) is 46.5 Å². The molecule has 4 fully saturated rings. The summed E-state index contributed by atoms with van der Waals surface area (Å²) in [4.78, 5) is 13.6. The third kappa shape index (κ3) is 4.23. The van der Waals surface area contributed by atoms with Crippen molar-refractivity contribution < 1.29 is 55.1 Å². The molecule has 11 heteroatoms. The van der Waals surface area contributed by atoms with E-state index in [1.54, 1.807) is 19.9 Å². The number of aliphatic hydroxyl groups is 8. The van der Waals surface area contributed by atoms with Crippen molar-refractivity contribution in [3.05, 3.63) is 12.7 Å². The Labute approximate surface area is 216 Å². The Balaban J connectivity index is 1.67. The molecule has 0 radical (unpaired) electrons. The average Bonchev–Trinajstić information content (AvgIpc) is 2.84. The maximum atomic E-state index is 13.6. The molecule has 8 N–H and O–H groups in total. The minimum absolute atomic E-state index is 0.0383. The number of ketones is 1. The third-order valence-corrected chi connectivity index (χ3v) is 10.1. The summed E-state index contributed by atoms with van der Waals surface area (Å²) in [6, 6.07) is 0. The summed E-state index contributed by atoms with van der Waals surface area (Å²) < 4.78 is 11.2. The highest BCUT2D eigenvalue weighted by Crippen LogP contribution is 2.65. The highest BCUT2D eigenvalue weighted by molar-refractivity contribution is 5.93. The number of hydrogen-bond acceptors (Lipinski definition) is 11. The Kier molecular flexibility index (Phi) is 7.51. The summed E-state index contributed by atoms with van der Waals surface area (Å²) in [6.45, 7) is 8.06. The van der Waals surface area contributed by atoms with Gasteiger partial charge in [-0.3, -0.25) is 4.79 Å². The molecule has 0 amide bonds. The number of aliphatic hydroxyl groups excluding tert-OH is 7. The van der Waals surface area contributed by atoms with Crippen LogP contribution in [0.2, 0.25) is 0 Å². The van der Waals surface area contributed by atoms with Gasteiger partial charge in [0.1, 0.15) is 36.1 Å². The molecule has 0 bridgehead atoms. The SMILES string of the molecule is C=C[C@@]1(C)CC[C@@H]2[C@@]3(C)C[C@@H](O)[C@H](O)[C@](C)(CO[C@@H]4O[C@H](CO)[C@@H](O)[C@@H](O)[C@@H]4O)[C@@H]3[C@@H](O)C(=O)[C@@]2(O)C1. The molecule has 0 aromatic carbocycles. The van der Waals surface area contributed by atoms with Crippen molar-refractivity contribution in [3.63, 3.8) is 0 Å². The third-order valence-electron chi connectivity index (χ3n) is 10.1. The Morgan fingerprint density at radius 1 is 1.08 bits per heavy atom. The average molecular weight is 531 g/mol. The van der Waals surface area contributed by atoms with Crippen LogP contribution < -0.4 is 0 Å². The van der Waals surface area contributed by atoms with E-state index in [9.17, 15) is 45.6 Å². The molecule has 4 rings (SSSR count). The Morgan fingerprint density at radius 2 is 1.73 bits per heavy atom. The van der Waals surface area contributed by atoms with E-state index in [4.69, 9.17) is 9.47 Å². The standard InChI is InChI=1S/C26H42O11/c1-5-23(2)7-6-14-24(3)8-12(28)20(33)25(4,19(24)18(32)21(34)26(14,35)10-23)11-36-22-17(31)16(30)15(29)13(9-27)37-22/h5,12-20,22,27-33,35H,1,6-11H2,2-4H3/t12-,13-,14-,15-,16-,17+,18-,19-,20+,22-,23+,24-,25-,26-/m1/s1. The van der Waals surface area contributed by atoms with E-state index in [0.717, 1.165) is 0 Å². The van der Waals surface area contributed by atoms with Crippen molar-refractivity contribution in [2.24, 2.45) is 28.1 Å². The monoisotopic (exact) mass is 530 g/mol. The summed E-state index contributed by atoms with van der Waals surface area (Å²) in [5, 5.41) is 85.3. The second-order valence-corrected chi connectivity index (χ2v) is 12.6. The number of rotatable bonds is 5. The quantitative estimate of drug-likeness (QED) is 0.187. The summed E-state index contributed by atoms with van der Waals surface area (Å²) in [5.74, 6) is -2.28. The van der Waals surface area contributed by atoms with Crippen LogP contribution in [0.15, 0.2) is 12.7 Å². The van der Waals surface area contributed by atoms with Gasteiger partial charge < -0.3 is 50.3 Å². The lowest BCUT2D eigenvalue weighted by atomic mass is 9.40. The molecule has 4 aliphatic rings. The van der Waals surface area contributed by atoms with E-state index in [2.05, 4.69) is 6.58 Å². The van der Waals surface area contributed by atoms with E-state index in [1.807, 2.05) is 6.92 Å². The maximum absolute atomic E-state index is 13.6. The fourth-order valence-electron chi connectivity index (χ4n) is 8.04. The number of ether oxygens (including phenoxy) is 2. The van der Waals surface area contributed by atoms with Crippen LogP contribution in [0, 0.1) is 28.1 Å². The first-order valence-electron chi connectivity index (χ1n) is 13.0. The van der Waals surface area contributed by atoms with Crippen molar-refractivity contribution in [3.8, 4) is 0 Å². The summed E-state index contributed by atoms with van der Waals surface area (Å²) in [7, 11) is 0. The molecule has 1 heterocycles. The highest BCUT2D eigenvalue weighted by Gasteiger charge is 2.72. The molecule has 0 unspecified atom stereocenters. The number of carbonyl (C=O) groups excluding carboxylic acids is 1. The van der Waals surface area contributed by atoms with Crippen LogP contribution in [-0.2, 0) is 14.3 Å². The van der Waals surface area contributed by atoms with Crippen LogP contribution in [0.4, 0.5) is 0 Å². The zero-order chi connectivity index (χ0) is 27.7. The van der Waals surface area contributed by atoms with Gasteiger partial charge in [0, 0.05) is 17.3 Å². The van der Waals surface area contributed by atoms with E-state index in [0.29, 0.717) is 12.8 Å². The minimum Gasteiger partial charge on any atom is -0.394 e. The van der Waals surface area contributed by atoms with Gasteiger partial charge in [-0.1, -0.05) is 26.8 Å². The Morgan fingerprint density at radius 3 is 2.32 bits per heavy atom. The van der Waals surface area contributed by atoms with Gasteiger partial charge in [-0.15, -0.1) is 6.58 Å². The van der Waals surface area contributed by atoms with Gasteiger partial charge in [-0.25, -0.2) is 0 Å². The van der Waals surface area contributed by atoms with Crippen molar-refractivity contribution in [1.82, 2.24) is 0 Å². The van der Waals surface area contributed by atoms with E-state index >= 15 is 0 Å². The van der Waals surface area contributed by atoms with Crippen molar-refractivity contribution in [2.75, 3.05) is 13.2 Å². The van der Waals surface area contributed by atoms with Gasteiger partial charge in [0.2, 0.25) is 0 Å². The van der Waals surface area contributed by atoms with Gasteiger partial charge in [0.15, 0.2) is 12.1 Å². The van der Waals surface area contributed by atoms with E-state index in [-0.39, 0.29) is 12.8 Å². The van der Waals surface area contributed by atoms with Crippen molar-refractivity contribution in [1.29, 1.82) is 0 Å². The Hall–Kier alpha value is -0.990. The van der Waals surface area contributed by atoms with Crippen LogP contribution in [-0.4, -0.2) is 114 Å². The maximum Gasteiger partial charge on any atom is 0.193 e. The lowest BCUT2D eigenvalue weighted by Gasteiger charge is -2.66. The summed E-state index contributed by atoms with van der Waals surface area (Å²) in [6.07, 6.45) is -9.09. The molecule has 212 valence electrons. The second-order valence-electron chi connectivity index (χ2n) is 12.6. The lowest BCUT2D eigenvalue weighted by molar-refractivity contribution is -0.322. The van der Waals surface area contributed by atoms with Crippen LogP contribution in [0.25, 0.3) is 0 Å². The van der Waals surface area contributed by atoms with Crippen molar-refractivity contribution >= 4 is 5.78 Å². The van der Waals surface area contributed by atoms with Gasteiger partial charge in [0.05, 0.1) is 25.4 Å². The molecule has 0 aromatic rings. The molecular formula is C26H42O11. The first-order valence-corrected chi connectivity index (χ1v) is 13.0. The number of carbonyl (C=O) groups is 1. The van der Waals surface area contributed by atoms with Crippen LogP contribution in [0.3, 0.4) is 0 Å². The van der Waals surface area contributed by atoms with Crippen LogP contribution in [0.5, 0.6) is 0 Å². The minimum atomic E-state index is -1.84. The van der Waals surface area contributed by atoms with E-state index in [1.165, 1.54) is 0 Å². The first-order chi connectivity index (χ1) is 17.1. The normalized spacial score (nSPS) is 56.4. The van der Waals surface area contributed by atoms with Gasteiger partial charge in [0.25, 0.3) is 0 Å². The molecule has 0 spiro atoms. The van der Waals surface area contributed by atoms with Crippen LogP contribution >= 0.6 is 0 Å². The number of Topliss-reactive ketones (excluding diaryl/α,β-unsaturated/α-hetero) is 1. The fraction of sp³-hybridized carbons (Fsp3) is 0.885. The number of allylic oxidation sites excluding steroid dienone is 1. The number of fused-ring (bicyclic) bond motifs is 3. The molecular weight excluding hydrogens is 488 g/mol. The molecule has 3 aliphatic carbocycles. The zero-order valence-electron chi connectivity index (χ0n) is 21.6. The fourth-order valence-corrected chi connectivity index (χ4v) is 8.04. The summed E-state index contributed by atoms with van der Waals surface area (Å²) in [5.41, 5.74) is -4.77.